The molecule has 1 rings (SSSR count). The quantitative estimate of drug-likeness (QED) is 0.713. The van der Waals surface area contributed by atoms with E-state index < -0.39 is 9.84 Å². The van der Waals surface area contributed by atoms with Crippen molar-refractivity contribution in [3.63, 3.8) is 0 Å². The van der Waals surface area contributed by atoms with Gasteiger partial charge in [0.05, 0.1) is 23.7 Å². The van der Waals surface area contributed by atoms with Crippen molar-refractivity contribution in [1.82, 2.24) is 0 Å². The fraction of sp³-hybridized carbons (Fsp3) is 0.538. The molecule has 0 fully saturated rings. The van der Waals surface area contributed by atoms with Crippen molar-refractivity contribution < 1.29 is 13.2 Å². The highest BCUT2D eigenvalue weighted by atomic mass is 32.2. The lowest BCUT2D eigenvalue weighted by Gasteiger charge is -2.13. The fourth-order valence-electron chi connectivity index (χ4n) is 1.52. The monoisotopic (exact) mass is 286 g/mol. The minimum atomic E-state index is -2.96. The average molecular weight is 286 g/mol. The van der Waals surface area contributed by atoms with E-state index in [2.05, 4.69) is 5.32 Å². The Bertz CT molecular complexity index is 501. The normalized spacial score (nSPS) is 11.3. The van der Waals surface area contributed by atoms with Crippen LogP contribution in [0.2, 0.25) is 0 Å². The minimum Gasteiger partial charge on any atom is -0.491 e. The van der Waals surface area contributed by atoms with Crippen LogP contribution >= 0.6 is 0 Å². The molecule has 6 heteroatoms. The number of benzene rings is 1. The number of nitrogens with two attached hydrogens (primary N) is 1. The van der Waals surface area contributed by atoms with Crippen molar-refractivity contribution in [3.8, 4) is 5.75 Å². The number of nitrogens with one attached hydrogen (secondary N) is 1. The predicted molar refractivity (Wildman–Crippen MR) is 79.5 cm³/mol. The first-order valence-corrected chi connectivity index (χ1v) is 8.28. The molecule has 0 unspecified atom stereocenters. The topological polar surface area (TPSA) is 81.4 Å². The number of para-hydroxylation sites is 1. The lowest BCUT2D eigenvalue weighted by atomic mass is 10.2. The second-order valence-corrected chi connectivity index (χ2v) is 6.70. The second kappa shape index (κ2) is 7.23. The van der Waals surface area contributed by atoms with Gasteiger partial charge in [-0.1, -0.05) is 19.9 Å². The summed E-state index contributed by atoms with van der Waals surface area (Å²) in [4.78, 5) is 0. The third kappa shape index (κ3) is 4.98. The number of rotatable bonds is 8. The summed E-state index contributed by atoms with van der Waals surface area (Å²) in [6.07, 6.45) is 0.909. The zero-order valence-electron chi connectivity index (χ0n) is 11.5. The number of anilines is 2. The molecular weight excluding hydrogens is 264 g/mol. The van der Waals surface area contributed by atoms with Gasteiger partial charge in [-0.25, -0.2) is 8.42 Å². The largest absolute Gasteiger partial charge is 0.491 e. The Labute approximate surface area is 115 Å². The summed E-state index contributed by atoms with van der Waals surface area (Å²) < 4.78 is 28.3. The van der Waals surface area contributed by atoms with Gasteiger partial charge in [0.15, 0.2) is 9.84 Å². The van der Waals surface area contributed by atoms with Crippen molar-refractivity contribution in [1.29, 1.82) is 0 Å². The Kier molecular flexibility index (Phi) is 5.95. The van der Waals surface area contributed by atoms with Gasteiger partial charge < -0.3 is 15.8 Å². The molecule has 0 aliphatic rings. The van der Waals surface area contributed by atoms with Crippen molar-refractivity contribution in [3.05, 3.63) is 18.2 Å². The summed E-state index contributed by atoms with van der Waals surface area (Å²) in [5, 5.41) is 3.04. The van der Waals surface area contributed by atoms with E-state index in [1.54, 1.807) is 13.0 Å². The van der Waals surface area contributed by atoms with Gasteiger partial charge in [-0.3, -0.25) is 0 Å². The zero-order chi connectivity index (χ0) is 14.3. The molecule has 0 heterocycles. The number of sulfone groups is 1. The predicted octanol–water partition coefficient (Wildman–Crippen LogP) is 1.90. The van der Waals surface area contributed by atoms with Crippen LogP contribution in [0.1, 0.15) is 20.3 Å². The molecular formula is C13H22N2O3S. The SMILES string of the molecule is CCCOc1cccc(NCCS(=O)(=O)CC)c1N. The van der Waals surface area contributed by atoms with Gasteiger partial charge >= 0.3 is 0 Å². The average Bonchev–Trinajstić information content (AvgIpc) is 2.39. The van der Waals surface area contributed by atoms with Crippen molar-refractivity contribution >= 4 is 21.2 Å². The van der Waals surface area contributed by atoms with E-state index in [0.717, 1.165) is 6.42 Å². The van der Waals surface area contributed by atoms with Gasteiger partial charge in [-0.2, -0.15) is 0 Å². The summed E-state index contributed by atoms with van der Waals surface area (Å²) in [5.74, 6) is 0.887. The molecule has 108 valence electrons. The molecule has 0 amide bonds. The molecule has 5 nitrogen and oxygen atoms in total. The van der Waals surface area contributed by atoms with Crippen LogP contribution in [0.5, 0.6) is 5.75 Å². The molecule has 1 aromatic rings. The Morgan fingerprint density at radius 3 is 2.68 bits per heavy atom. The maximum atomic E-state index is 11.4. The molecule has 19 heavy (non-hydrogen) atoms. The van der Waals surface area contributed by atoms with Crippen molar-refractivity contribution in [2.24, 2.45) is 0 Å². The molecule has 1 aromatic carbocycles. The van der Waals surface area contributed by atoms with Crippen LogP contribution in [0.3, 0.4) is 0 Å². The van der Waals surface area contributed by atoms with E-state index in [0.29, 0.717) is 30.3 Å². The van der Waals surface area contributed by atoms with Crippen LogP contribution in [0.25, 0.3) is 0 Å². The third-order valence-electron chi connectivity index (χ3n) is 2.70. The van der Waals surface area contributed by atoms with Crippen LogP contribution in [0.4, 0.5) is 11.4 Å². The molecule has 0 aromatic heterocycles. The van der Waals surface area contributed by atoms with Crippen molar-refractivity contribution in [2.75, 3.05) is 35.7 Å². The molecule has 0 bridgehead atoms. The van der Waals surface area contributed by atoms with Gasteiger partial charge in [-0.15, -0.1) is 0 Å². The van der Waals surface area contributed by atoms with Gasteiger partial charge in [0.1, 0.15) is 5.75 Å². The first kappa shape index (κ1) is 15.6. The molecule has 0 saturated carbocycles. The second-order valence-electron chi connectivity index (χ2n) is 4.23. The van der Waals surface area contributed by atoms with E-state index in [1.165, 1.54) is 0 Å². The smallest absolute Gasteiger partial charge is 0.151 e. The Hall–Kier alpha value is -1.43. The first-order chi connectivity index (χ1) is 9.00. The van der Waals surface area contributed by atoms with Gasteiger partial charge in [0.25, 0.3) is 0 Å². The Morgan fingerprint density at radius 1 is 1.32 bits per heavy atom. The Morgan fingerprint density at radius 2 is 2.05 bits per heavy atom. The minimum absolute atomic E-state index is 0.100. The van der Waals surface area contributed by atoms with Crippen LogP contribution in [-0.2, 0) is 9.84 Å². The summed E-state index contributed by atoms with van der Waals surface area (Å²) in [6.45, 7) is 4.62. The molecule has 0 aliphatic heterocycles. The highest BCUT2D eigenvalue weighted by molar-refractivity contribution is 7.91. The van der Waals surface area contributed by atoms with E-state index in [-0.39, 0.29) is 11.5 Å². The van der Waals surface area contributed by atoms with E-state index in [4.69, 9.17) is 10.5 Å². The highest BCUT2D eigenvalue weighted by Gasteiger charge is 2.09. The lowest BCUT2D eigenvalue weighted by molar-refractivity contribution is 0.319. The molecule has 0 atom stereocenters. The first-order valence-electron chi connectivity index (χ1n) is 6.45. The molecule has 0 radical (unpaired) electrons. The van der Waals surface area contributed by atoms with Gasteiger partial charge in [-0.05, 0) is 18.6 Å². The molecule has 3 N–H and O–H groups in total. The van der Waals surface area contributed by atoms with E-state index in [1.807, 2.05) is 19.1 Å². The van der Waals surface area contributed by atoms with Crippen LogP contribution in [0.15, 0.2) is 18.2 Å². The lowest BCUT2D eigenvalue weighted by Crippen LogP contribution is -2.17. The Balaban J connectivity index is 2.64. The van der Waals surface area contributed by atoms with E-state index in [9.17, 15) is 8.42 Å². The van der Waals surface area contributed by atoms with Crippen LogP contribution < -0.4 is 15.8 Å². The third-order valence-corrected chi connectivity index (χ3v) is 4.40. The number of nitrogen functional groups attached to an aromatic ring is 1. The van der Waals surface area contributed by atoms with Gasteiger partial charge in [0.2, 0.25) is 0 Å². The van der Waals surface area contributed by atoms with Gasteiger partial charge in [0, 0.05) is 12.3 Å². The molecule has 0 saturated heterocycles. The zero-order valence-corrected chi connectivity index (χ0v) is 12.3. The maximum absolute atomic E-state index is 11.4. The fourth-order valence-corrected chi connectivity index (χ4v) is 2.22. The van der Waals surface area contributed by atoms with Crippen LogP contribution in [0, 0.1) is 0 Å². The number of hydrogen-bond donors (Lipinski definition) is 2. The standard InChI is InChI=1S/C13H22N2O3S/c1-3-9-18-12-7-5-6-11(13(12)14)15-8-10-19(16,17)4-2/h5-7,15H,3-4,8-10,14H2,1-2H3. The number of hydrogen-bond acceptors (Lipinski definition) is 5. The number of ether oxygens (including phenoxy) is 1. The summed E-state index contributed by atoms with van der Waals surface area (Å²) in [6, 6.07) is 5.45. The summed E-state index contributed by atoms with van der Waals surface area (Å²) in [7, 11) is -2.96. The summed E-state index contributed by atoms with van der Waals surface area (Å²) >= 11 is 0. The highest BCUT2D eigenvalue weighted by Crippen LogP contribution is 2.29. The van der Waals surface area contributed by atoms with E-state index >= 15 is 0 Å². The maximum Gasteiger partial charge on any atom is 0.151 e. The molecule has 0 aliphatic carbocycles. The van der Waals surface area contributed by atoms with Crippen LogP contribution in [-0.4, -0.2) is 33.1 Å². The summed E-state index contributed by atoms with van der Waals surface area (Å²) in [5.41, 5.74) is 7.20. The molecule has 0 spiro atoms. The van der Waals surface area contributed by atoms with Crippen molar-refractivity contribution in [2.45, 2.75) is 20.3 Å².